The van der Waals surface area contributed by atoms with Crippen LogP contribution in [0.2, 0.25) is 0 Å². The van der Waals surface area contributed by atoms with E-state index in [1.54, 1.807) is 0 Å². The number of nitrogens with one attached hydrogen (secondary N) is 2. The monoisotopic (exact) mass is 660 g/mol. The van der Waals surface area contributed by atoms with Crippen LogP contribution in [0.15, 0.2) is 24.3 Å². The normalized spacial score (nSPS) is 12.1. The number of carbonyl (C=O) groups is 4. The van der Waals surface area contributed by atoms with Gasteiger partial charge in [-0.15, -0.1) is 0 Å². The molecule has 0 rings (SSSR count). The maximum absolute atomic E-state index is 12.2. The molecule has 0 radical (unpaired) electrons. The molecule has 0 saturated heterocycles. The number of hydrogen-bond acceptors (Lipinski definition) is 5. The topological polar surface area (TPSA) is 118 Å². The summed E-state index contributed by atoms with van der Waals surface area (Å²) in [5.41, 5.74) is 5.82. The average Bonchev–Trinajstić information content (AvgIpc) is 3.04. The highest BCUT2D eigenvalue weighted by Crippen LogP contribution is 2.11. The Balaban J connectivity index is 3.69. The number of carbonyl (C=O) groups excluding carboxylic acids is 4. The van der Waals surface area contributed by atoms with E-state index in [4.69, 9.17) is 5.73 Å². The van der Waals surface area contributed by atoms with Crippen LogP contribution in [0.3, 0.4) is 0 Å². The fraction of sp³-hybridized carbons (Fsp3) is 0.800. The minimum atomic E-state index is -1.17. The van der Waals surface area contributed by atoms with Crippen molar-refractivity contribution in [2.75, 3.05) is 0 Å². The third kappa shape index (κ3) is 33.4. The van der Waals surface area contributed by atoms with Gasteiger partial charge in [0.1, 0.15) is 0 Å². The fourth-order valence-corrected chi connectivity index (χ4v) is 5.57. The SMILES string of the molecule is CCCCCCCC/C=C/CCCCCCCC(=O)NC(=O)CC(N)C(=O)NC(=O)CCCCCCC/C=C/CCCCCCCC. The van der Waals surface area contributed by atoms with Gasteiger partial charge in [0.2, 0.25) is 23.6 Å². The molecular weight excluding hydrogens is 586 g/mol. The lowest BCUT2D eigenvalue weighted by Crippen LogP contribution is -2.46. The van der Waals surface area contributed by atoms with Gasteiger partial charge >= 0.3 is 0 Å². The third-order valence-electron chi connectivity index (χ3n) is 8.61. The molecule has 0 fully saturated rings. The molecule has 7 nitrogen and oxygen atoms in total. The molecule has 0 bridgehead atoms. The summed E-state index contributed by atoms with van der Waals surface area (Å²) < 4.78 is 0. The van der Waals surface area contributed by atoms with Crippen molar-refractivity contribution in [2.24, 2.45) is 5.73 Å². The van der Waals surface area contributed by atoms with E-state index in [1.165, 1.54) is 89.9 Å². The van der Waals surface area contributed by atoms with Crippen molar-refractivity contribution in [2.45, 2.75) is 206 Å². The summed E-state index contributed by atoms with van der Waals surface area (Å²) in [5, 5.41) is 4.61. The van der Waals surface area contributed by atoms with Gasteiger partial charge in [0, 0.05) is 12.8 Å². The first kappa shape index (κ1) is 44.7. The van der Waals surface area contributed by atoms with E-state index < -0.39 is 17.9 Å². The Morgan fingerprint density at radius 2 is 0.766 bits per heavy atom. The van der Waals surface area contributed by atoms with Crippen molar-refractivity contribution < 1.29 is 19.2 Å². The molecule has 4 N–H and O–H groups in total. The molecule has 0 heterocycles. The molecule has 0 aromatic carbocycles. The van der Waals surface area contributed by atoms with Gasteiger partial charge in [-0.3, -0.25) is 29.8 Å². The van der Waals surface area contributed by atoms with Gasteiger partial charge in [-0.05, 0) is 64.2 Å². The van der Waals surface area contributed by atoms with E-state index in [-0.39, 0.29) is 31.1 Å². The molecule has 0 saturated carbocycles. The Bertz CT molecular complexity index is 839. The molecule has 4 amide bonds. The van der Waals surface area contributed by atoms with E-state index >= 15 is 0 Å². The number of allylic oxidation sites excluding steroid dienone is 4. The Labute approximate surface area is 289 Å². The molecule has 1 atom stereocenters. The van der Waals surface area contributed by atoms with Gasteiger partial charge in [-0.25, -0.2) is 0 Å². The van der Waals surface area contributed by atoms with Crippen LogP contribution >= 0.6 is 0 Å². The summed E-state index contributed by atoms with van der Waals surface area (Å²) in [5.74, 6) is -1.98. The van der Waals surface area contributed by atoms with E-state index in [9.17, 15) is 19.2 Å². The predicted octanol–water partition coefficient (Wildman–Crippen LogP) is 10.1. The molecule has 0 aliphatic heterocycles. The average molecular weight is 660 g/mol. The lowest BCUT2D eigenvalue weighted by Gasteiger charge is -2.11. The van der Waals surface area contributed by atoms with Crippen molar-refractivity contribution in [3.8, 4) is 0 Å². The zero-order valence-corrected chi connectivity index (χ0v) is 30.6. The lowest BCUT2D eigenvalue weighted by atomic mass is 10.1. The molecule has 0 aliphatic rings. The van der Waals surface area contributed by atoms with Crippen LogP contribution < -0.4 is 16.4 Å². The minimum Gasteiger partial charge on any atom is -0.319 e. The van der Waals surface area contributed by atoms with Gasteiger partial charge in [-0.1, -0.05) is 141 Å². The number of amides is 4. The summed E-state index contributed by atoms with van der Waals surface area (Å²) in [6, 6.07) is -1.17. The highest BCUT2D eigenvalue weighted by molar-refractivity contribution is 6.01. The summed E-state index contributed by atoms with van der Waals surface area (Å²) >= 11 is 0. The molecular formula is C40H73N3O4. The number of unbranched alkanes of at least 4 members (excludes halogenated alkanes) is 22. The van der Waals surface area contributed by atoms with Gasteiger partial charge < -0.3 is 5.73 Å². The van der Waals surface area contributed by atoms with Crippen molar-refractivity contribution in [3.05, 3.63) is 24.3 Å². The maximum atomic E-state index is 12.2. The van der Waals surface area contributed by atoms with Gasteiger partial charge in [0.25, 0.3) is 0 Å². The second-order valence-corrected chi connectivity index (χ2v) is 13.4. The Morgan fingerprint density at radius 1 is 0.447 bits per heavy atom. The first-order valence-corrected chi connectivity index (χ1v) is 19.6. The second kappa shape index (κ2) is 35.0. The van der Waals surface area contributed by atoms with Crippen molar-refractivity contribution in [1.82, 2.24) is 10.6 Å². The van der Waals surface area contributed by atoms with Gasteiger partial charge in [0.15, 0.2) is 0 Å². The summed E-state index contributed by atoms with van der Waals surface area (Å²) in [4.78, 5) is 48.6. The zero-order valence-electron chi connectivity index (χ0n) is 30.6. The molecule has 0 aliphatic carbocycles. The largest absolute Gasteiger partial charge is 0.319 e. The van der Waals surface area contributed by atoms with Crippen LogP contribution in [-0.2, 0) is 19.2 Å². The molecule has 7 heteroatoms. The van der Waals surface area contributed by atoms with E-state index in [0.717, 1.165) is 70.6 Å². The Hall–Kier alpha value is -2.28. The Morgan fingerprint density at radius 3 is 1.15 bits per heavy atom. The van der Waals surface area contributed by atoms with E-state index in [2.05, 4.69) is 48.8 Å². The minimum absolute atomic E-state index is 0.261. The fourth-order valence-electron chi connectivity index (χ4n) is 5.57. The second-order valence-electron chi connectivity index (χ2n) is 13.4. The number of imide groups is 2. The van der Waals surface area contributed by atoms with Crippen LogP contribution in [0.1, 0.15) is 200 Å². The van der Waals surface area contributed by atoms with Crippen LogP contribution in [0.5, 0.6) is 0 Å². The van der Waals surface area contributed by atoms with Crippen molar-refractivity contribution in [3.63, 3.8) is 0 Å². The Kier molecular flexibility index (Phi) is 33.3. The van der Waals surface area contributed by atoms with Crippen molar-refractivity contribution in [1.29, 1.82) is 0 Å². The standard InChI is InChI=1S/C40H73N3O4/c1-3-5-7-9-11-13-15-17-19-21-23-25-27-29-31-33-37(44)42-39(46)35-36(41)40(47)43-38(45)34-32-30-28-26-24-22-20-18-16-14-12-10-8-6-4-2/h17-20,36H,3-16,21-35,41H2,1-2H3,(H,42,44,46)(H,43,45,47)/b19-17+,20-18+. The van der Waals surface area contributed by atoms with Gasteiger partial charge in [-0.2, -0.15) is 0 Å². The molecule has 272 valence electrons. The zero-order chi connectivity index (χ0) is 34.6. The molecule has 0 spiro atoms. The summed E-state index contributed by atoms with van der Waals surface area (Å²) in [6.07, 6.45) is 40.1. The van der Waals surface area contributed by atoms with Crippen molar-refractivity contribution >= 4 is 23.6 Å². The van der Waals surface area contributed by atoms with Crippen LogP contribution in [-0.4, -0.2) is 29.7 Å². The van der Waals surface area contributed by atoms with Crippen LogP contribution in [0.4, 0.5) is 0 Å². The third-order valence-corrected chi connectivity index (χ3v) is 8.61. The summed E-state index contributed by atoms with van der Waals surface area (Å²) in [7, 11) is 0. The van der Waals surface area contributed by atoms with E-state index in [1.807, 2.05) is 0 Å². The quantitative estimate of drug-likeness (QED) is 0.0479. The number of rotatable bonds is 33. The smallest absolute Gasteiger partial charge is 0.243 e. The van der Waals surface area contributed by atoms with Gasteiger partial charge in [0.05, 0.1) is 12.5 Å². The molecule has 0 aromatic heterocycles. The number of nitrogens with two attached hydrogens (primary N) is 1. The van der Waals surface area contributed by atoms with Crippen LogP contribution in [0.25, 0.3) is 0 Å². The predicted molar refractivity (Wildman–Crippen MR) is 198 cm³/mol. The van der Waals surface area contributed by atoms with E-state index in [0.29, 0.717) is 6.42 Å². The highest BCUT2D eigenvalue weighted by Gasteiger charge is 2.20. The number of hydrogen-bond donors (Lipinski definition) is 3. The molecule has 0 aromatic rings. The first-order valence-electron chi connectivity index (χ1n) is 19.6. The van der Waals surface area contributed by atoms with Crippen LogP contribution in [0, 0.1) is 0 Å². The first-order chi connectivity index (χ1) is 22.9. The maximum Gasteiger partial charge on any atom is 0.243 e. The summed E-state index contributed by atoms with van der Waals surface area (Å²) in [6.45, 7) is 4.49. The lowest BCUT2D eigenvalue weighted by molar-refractivity contribution is -0.135. The molecule has 1 unspecified atom stereocenters. The highest BCUT2D eigenvalue weighted by atomic mass is 16.2. The molecule has 47 heavy (non-hydrogen) atoms.